The minimum absolute atomic E-state index is 0.0736. The Kier molecular flexibility index (Phi) is 5.59. The monoisotopic (exact) mass is 294 g/mol. The number of ether oxygens (including phenoxy) is 1. The van der Waals surface area contributed by atoms with Crippen LogP contribution in [-0.4, -0.2) is 64.7 Å². The van der Waals surface area contributed by atoms with Crippen molar-refractivity contribution in [3.8, 4) is 0 Å². The van der Waals surface area contributed by atoms with Gasteiger partial charge >= 0.3 is 5.97 Å². The van der Waals surface area contributed by atoms with Gasteiger partial charge in [0, 0.05) is 38.8 Å². The lowest BCUT2D eigenvalue weighted by Gasteiger charge is -2.26. The van der Waals surface area contributed by atoms with Crippen molar-refractivity contribution in [2.75, 3.05) is 32.8 Å². The lowest BCUT2D eigenvalue weighted by molar-refractivity contribution is -0.135. The highest BCUT2D eigenvalue weighted by atomic mass is 16.5. The zero-order valence-corrected chi connectivity index (χ0v) is 11.6. The molecule has 2 heterocycles. The minimum Gasteiger partial charge on any atom is -0.478 e. The number of carboxylic acids is 1. The maximum Gasteiger partial charge on any atom is 0.339 e. The highest BCUT2D eigenvalue weighted by Crippen LogP contribution is 2.03. The van der Waals surface area contributed by atoms with E-state index in [4.69, 9.17) is 9.84 Å². The van der Waals surface area contributed by atoms with Crippen LogP contribution < -0.4 is 5.32 Å². The quantitative estimate of drug-likeness (QED) is 0.682. The Labute approximate surface area is 122 Å². The second-order valence-corrected chi connectivity index (χ2v) is 4.61. The molecule has 114 valence electrons. The van der Waals surface area contributed by atoms with Crippen LogP contribution >= 0.6 is 0 Å². The summed E-state index contributed by atoms with van der Waals surface area (Å²) in [5.74, 6) is -0.983. The van der Waals surface area contributed by atoms with Gasteiger partial charge in [0.05, 0.1) is 18.9 Å². The summed E-state index contributed by atoms with van der Waals surface area (Å²) in [5, 5.41) is 12.0. The molecule has 1 saturated heterocycles. The van der Waals surface area contributed by atoms with E-state index in [0.29, 0.717) is 51.5 Å². The molecule has 0 bridgehead atoms. The Morgan fingerprint density at radius 1 is 1.38 bits per heavy atom. The van der Waals surface area contributed by atoms with Crippen molar-refractivity contribution in [3.05, 3.63) is 23.8 Å². The van der Waals surface area contributed by atoms with Crippen LogP contribution in [0.3, 0.4) is 0 Å². The number of hydrogen-bond acceptors (Lipinski definition) is 6. The summed E-state index contributed by atoms with van der Waals surface area (Å²) in [6.07, 6.45) is 2.95. The third-order valence-electron chi connectivity index (χ3n) is 3.20. The van der Waals surface area contributed by atoms with Gasteiger partial charge in [-0.2, -0.15) is 0 Å². The Morgan fingerprint density at radius 2 is 2.14 bits per heavy atom. The van der Waals surface area contributed by atoms with Gasteiger partial charge in [-0.25, -0.2) is 14.8 Å². The minimum atomic E-state index is -1.06. The van der Waals surface area contributed by atoms with Gasteiger partial charge in [-0.05, 0) is 0 Å². The molecule has 0 unspecified atom stereocenters. The van der Waals surface area contributed by atoms with Gasteiger partial charge in [-0.1, -0.05) is 0 Å². The molecular formula is C13H18N4O4. The first kappa shape index (κ1) is 15.3. The first-order valence-corrected chi connectivity index (χ1v) is 6.77. The van der Waals surface area contributed by atoms with Crippen LogP contribution in [0.4, 0.5) is 0 Å². The predicted octanol–water partition coefficient (Wildman–Crippen LogP) is -0.487. The van der Waals surface area contributed by atoms with Crippen molar-refractivity contribution >= 4 is 11.9 Å². The van der Waals surface area contributed by atoms with Crippen molar-refractivity contribution in [3.63, 3.8) is 0 Å². The zero-order valence-electron chi connectivity index (χ0n) is 11.6. The molecule has 2 N–H and O–H groups in total. The summed E-state index contributed by atoms with van der Waals surface area (Å²) in [4.78, 5) is 32.3. The number of morpholine rings is 1. The average molecular weight is 294 g/mol. The number of hydrogen-bond donors (Lipinski definition) is 2. The van der Waals surface area contributed by atoms with Gasteiger partial charge in [0.25, 0.3) is 0 Å². The first-order valence-electron chi connectivity index (χ1n) is 6.77. The van der Waals surface area contributed by atoms with Crippen LogP contribution in [0.1, 0.15) is 22.5 Å². The molecule has 8 nitrogen and oxygen atoms in total. The third kappa shape index (κ3) is 4.47. The molecule has 1 aliphatic rings. The second kappa shape index (κ2) is 7.65. The normalized spacial score (nSPS) is 15.0. The molecule has 0 spiro atoms. The fraction of sp³-hybridized carbons (Fsp3) is 0.538. The first-order chi connectivity index (χ1) is 10.2. The summed E-state index contributed by atoms with van der Waals surface area (Å²) >= 11 is 0. The van der Waals surface area contributed by atoms with Crippen molar-refractivity contribution in [2.24, 2.45) is 0 Å². The van der Waals surface area contributed by atoms with Crippen LogP contribution in [0.5, 0.6) is 0 Å². The SMILES string of the molecule is O=C(O)c1cncnc1CNCCC(=O)N1CCOCC1. The number of nitrogens with one attached hydrogen (secondary N) is 1. The molecule has 0 atom stereocenters. The van der Waals surface area contributed by atoms with E-state index in [1.165, 1.54) is 12.5 Å². The van der Waals surface area contributed by atoms with E-state index in [1.54, 1.807) is 4.90 Å². The average Bonchev–Trinajstić information content (AvgIpc) is 2.52. The molecule has 0 saturated carbocycles. The fourth-order valence-corrected chi connectivity index (χ4v) is 2.05. The zero-order chi connectivity index (χ0) is 15.1. The lowest BCUT2D eigenvalue weighted by atomic mass is 10.2. The van der Waals surface area contributed by atoms with Crippen molar-refractivity contribution in [1.29, 1.82) is 0 Å². The van der Waals surface area contributed by atoms with Crippen molar-refractivity contribution in [1.82, 2.24) is 20.2 Å². The van der Waals surface area contributed by atoms with E-state index in [0.717, 1.165) is 0 Å². The fourth-order valence-electron chi connectivity index (χ4n) is 2.05. The molecule has 1 aliphatic heterocycles. The van der Waals surface area contributed by atoms with Crippen LogP contribution in [-0.2, 0) is 16.1 Å². The summed E-state index contributed by atoms with van der Waals surface area (Å²) in [5.41, 5.74) is 0.487. The van der Waals surface area contributed by atoms with Gasteiger partial charge < -0.3 is 20.1 Å². The lowest BCUT2D eigenvalue weighted by Crippen LogP contribution is -2.41. The van der Waals surface area contributed by atoms with Crippen LogP contribution in [0.25, 0.3) is 0 Å². The number of nitrogens with zero attached hydrogens (tertiary/aromatic N) is 3. The number of carboxylic acid groups (broad SMARTS) is 1. The third-order valence-corrected chi connectivity index (χ3v) is 3.20. The van der Waals surface area contributed by atoms with E-state index in [-0.39, 0.29) is 11.5 Å². The smallest absolute Gasteiger partial charge is 0.339 e. The molecule has 1 fully saturated rings. The van der Waals surface area contributed by atoms with Crippen LogP contribution in [0, 0.1) is 0 Å². The summed E-state index contributed by atoms with van der Waals surface area (Å²) in [6.45, 7) is 3.20. The number of amides is 1. The Balaban J connectivity index is 1.74. The predicted molar refractivity (Wildman–Crippen MR) is 72.7 cm³/mol. The molecule has 8 heteroatoms. The number of aromatic nitrogens is 2. The Bertz CT molecular complexity index is 503. The molecular weight excluding hydrogens is 276 g/mol. The Hall–Kier alpha value is -2.06. The molecule has 0 aromatic carbocycles. The number of aromatic carboxylic acids is 1. The maximum absolute atomic E-state index is 11.9. The summed E-state index contributed by atoms with van der Waals surface area (Å²) in [7, 11) is 0. The van der Waals surface area contributed by atoms with Gasteiger partial charge in [-0.3, -0.25) is 4.79 Å². The van der Waals surface area contributed by atoms with E-state index >= 15 is 0 Å². The van der Waals surface area contributed by atoms with Gasteiger partial charge in [0.15, 0.2) is 0 Å². The molecule has 0 radical (unpaired) electrons. The highest BCUT2D eigenvalue weighted by Gasteiger charge is 2.16. The largest absolute Gasteiger partial charge is 0.478 e. The van der Waals surface area contributed by atoms with Gasteiger partial charge in [-0.15, -0.1) is 0 Å². The molecule has 1 amide bonds. The Morgan fingerprint density at radius 3 is 2.86 bits per heavy atom. The van der Waals surface area contributed by atoms with Gasteiger partial charge in [0.1, 0.15) is 11.9 Å². The number of rotatable bonds is 6. The van der Waals surface area contributed by atoms with Gasteiger partial charge in [0.2, 0.25) is 5.91 Å². The highest BCUT2D eigenvalue weighted by molar-refractivity contribution is 5.88. The van der Waals surface area contributed by atoms with Crippen LogP contribution in [0.15, 0.2) is 12.5 Å². The topological polar surface area (TPSA) is 105 Å². The molecule has 21 heavy (non-hydrogen) atoms. The summed E-state index contributed by atoms with van der Waals surface area (Å²) in [6, 6.07) is 0. The standard InChI is InChI=1S/C13H18N4O4/c18-12(17-3-5-21-6-4-17)1-2-14-8-11-10(13(19)20)7-15-9-16-11/h7,9,14H,1-6,8H2,(H,19,20). The van der Waals surface area contributed by atoms with Crippen molar-refractivity contribution in [2.45, 2.75) is 13.0 Å². The molecule has 0 aliphatic carbocycles. The van der Waals surface area contributed by atoms with E-state index in [9.17, 15) is 9.59 Å². The number of carbonyl (C=O) groups excluding carboxylic acids is 1. The molecule has 1 aromatic heterocycles. The van der Waals surface area contributed by atoms with E-state index < -0.39 is 5.97 Å². The van der Waals surface area contributed by atoms with E-state index in [2.05, 4.69) is 15.3 Å². The summed E-state index contributed by atoms with van der Waals surface area (Å²) < 4.78 is 5.19. The van der Waals surface area contributed by atoms with E-state index in [1.807, 2.05) is 0 Å². The second-order valence-electron chi connectivity index (χ2n) is 4.61. The number of carbonyl (C=O) groups is 2. The maximum atomic E-state index is 11.9. The molecule has 1 aromatic rings. The van der Waals surface area contributed by atoms with Crippen LogP contribution in [0.2, 0.25) is 0 Å². The molecule has 2 rings (SSSR count). The van der Waals surface area contributed by atoms with Crippen molar-refractivity contribution < 1.29 is 19.4 Å².